The van der Waals surface area contributed by atoms with Crippen LogP contribution in [0.2, 0.25) is 0 Å². The topological polar surface area (TPSA) is 110 Å². The molecule has 0 aromatic heterocycles. The van der Waals surface area contributed by atoms with Crippen LogP contribution in [0.4, 0.5) is 0 Å². The fourth-order valence-corrected chi connectivity index (χ4v) is 2.00. The number of carbonyl (C=O) groups excluding carboxylic acids is 1. The van der Waals surface area contributed by atoms with Crippen molar-refractivity contribution in [3.05, 3.63) is 47.2 Å². The van der Waals surface area contributed by atoms with Crippen molar-refractivity contribution in [3.8, 4) is 0 Å². The molecule has 0 radical (unpaired) electrons. The van der Waals surface area contributed by atoms with Crippen LogP contribution in [0.5, 0.6) is 0 Å². The molecule has 1 aromatic carbocycles. The van der Waals surface area contributed by atoms with Gasteiger partial charge < -0.3 is 9.29 Å². The van der Waals surface area contributed by atoms with Crippen LogP contribution >= 0.6 is 0 Å². The number of carboxylic acid groups (broad SMARTS) is 1. The summed E-state index contributed by atoms with van der Waals surface area (Å²) < 4.78 is 29.5. The summed E-state index contributed by atoms with van der Waals surface area (Å²) in [5.74, 6) is -1.18. The highest BCUT2D eigenvalue weighted by Crippen LogP contribution is 2.16. The van der Waals surface area contributed by atoms with Crippen molar-refractivity contribution in [2.45, 2.75) is 13.3 Å². The second-order valence-electron chi connectivity index (χ2n) is 3.59. The summed E-state index contributed by atoms with van der Waals surface area (Å²) in [7, 11) is -4.41. The van der Waals surface area contributed by atoms with Gasteiger partial charge in [0.05, 0.1) is 5.56 Å². The summed E-state index contributed by atoms with van der Waals surface area (Å²) >= 11 is 0. The Kier molecular flexibility index (Phi) is 5.19. The van der Waals surface area contributed by atoms with Crippen LogP contribution in [0.25, 0.3) is 0 Å². The van der Waals surface area contributed by atoms with Crippen LogP contribution in [0.15, 0.2) is 40.5 Å². The van der Waals surface area contributed by atoms with Gasteiger partial charge in [-0.25, -0.2) is 9.59 Å². The van der Waals surface area contributed by atoms with E-state index in [0.717, 1.165) is 6.08 Å². The molecule has 1 aromatic rings. The largest absolute Gasteiger partial charge is 0.478 e. The molecule has 0 saturated heterocycles. The number of aromatic carboxylic acids is 1. The van der Waals surface area contributed by atoms with Gasteiger partial charge >= 0.3 is 16.3 Å². The van der Waals surface area contributed by atoms with E-state index in [2.05, 4.69) is 8.58 Å². The highest BCUT2D eigenvalue weighted by atomic mass is 32.2. The number of hydrogen-bond acceptors (Lipinski definition) is 5. The number of nitrogens with zero attached hydrogens (tertiary/aromatic N) is 1. The van der Waals surface area contributed by atoms with Gasteiger partial charge in [-0.15, -0.1) is 0 Å². The second kappa shape index (κ2) is 6.65. The van der Waals surface area contributed by atoms with Crippen LogP contribution in [-0.4, -0.2) is 25.6 Å². The Morgan fingerprint density at radius 1 is 1.45 bits per heavy atom. The molecule has 0 aliphatic heterocycles. The first-order chi connectivity index (χ1) is 9.39. The summed E-state index contributed by atoms with van der Waals surface area (Å²) in [6.07, 6.45) is 2.15. The van der Waals surface area contributed by atoms with E-state index in [1.165, 1.54) is 25.1 Å². The van der Waals surface area contributed by atoms with E-state index in [9.17, 15) is 18.0 Å². The van der Waals surface area contributed by atoms with E-state index < -0.39 is 16.3 Å². The lowest BCUT2D eigenvalue weighted by Gasteiger charge is -2.09. The predicted molar refractivity (Wildman–Crippen MR) is 69.0 cm³/mol. The van der Waals surface area contributed by atoms with Gasteiger partial charge in [-0.05, 0) is 29.0 Å². The molecular weight excluding hydrogens is 286 g/mol. The zero-order valence-corrected chi connectivity index (χ0v) is 11.3. The van der Waals surface area contributed by atoms with E-state index in [-0.39, 0.29) is 17.7 Å². The van der Waals surface area contributed by atoms with E-state index in [4.69, 9.17) is 5.11 Å². The van der Waals surface area contributed by atoms with Crippen molar-refractivity contribution >= 4 is 22.4 Å². The Hall–Kier alpha value is -2.44. The van der Waals surface area contributed by atoms with Crippen molar-refractivity contribution in [2.75, 3.05) is 0 Å². The number of carbonyl (C=O) groups is 1. The molecule has 0 spiro atoms. The Morgan fingerprint density at radius 3 is 2.65 bits per heavy atom. The Labute approximate surface area is 115 Å². The molecule has 0 atom stereocenters. The minimum Gasteiger partial charge on any atom is -0.478 e. The number of hydrogen-bond donors (Lipinski definition) is 1. The number of benzene rings is 1. The highest BCUT2D eigenvalue weighted by Gasteiger charge is 2.16. The lowest BCUT2D eigenvalue weighted by molar-refractivity contribution is 0.0696. The lowest BCUT2D eigenvalue weighted by Crippen LogP contribution is -2.07. The molecule has 1 rings (SSSR count). The zero-order chi connectivity index (χ0) is 15.2. The van der Waals surface area contributed by atoms with Crippen molar-refractivity contribution in [3.63, 3.8) is 0 Å². The monoisotopic (exact) mass is 297 g/mol. The molecule has 0 bridgehead atoms. The van der Waals surface area contributed by atoms with Gasteiger partial charge in [0.1, 0.15) is 5.76 Å². The van der Waals surface area contributed by atoms with Gasteiger partial charge in [0.25, 0.3) is 6.08 Å². The second-order valence-corrected chi connectivity index (χ2v) is 4.79. The first kappa shape index (κ1) is 15.6. The molecule has 0 heterocycles. The summed E-state index contributed by atoms with van der Waals surface area (Å²) in [6.45, 7) is 1.51. The maximum Gasteiger partial charge on any atom is 0.438 e. The van der Waals surface area contributed by atoms with E-state index in [0.29, 0.717) is 5.56 Å². The number of rotatable bonds is 6. The molecule has 0 unspecified atom stereocenters. The molecule has 0 saturated carbocycles. The standard InChI is InChI=1S/C12H11NO6S/c1-2-10(19-20(17,18)13-8-14)7-9-5-3-4-6-11(9)12(15)16/h2-6H,7H2,1H3,(H,15,16). The van der Waals surface area contributed by atoms with Crippen molar-refractivity contribution < 1.29 is 27.3 Å². The molecule has 0 fully saturated rings. The van der Waals surface area contributed by atoms with Gasteiger partial charge in [0.2, 0.25) is 0 Å². The van der Waals surface area contributed by atoms with E-state index in [1.807, 2.05) is 0 Å². The normalized spacial score (nSPS) is 11.6. The van der Waals surface area contributed by atoms with Crippen LogP contribution in [0.3, 0.4) is 0 Å². The van der Waals surface area contributed by atoms with Crippen LogP contribution in [0, 0.1) is 0 Å². The average molecular weight is 297 g/mol. The predicted octanol–water partition coefficient (Wildman–Crippen LogP) is 1.43. The molecule has 8 heteroatoms. The van der Waals surface area contributed by atoms with E-state index in [1.54, 1.807) is 12.1 Å². The van der Waals surface area contributed by atoms with Crippen molar-refractivity contribution in [1.82, 2.24) is 0 Å². The van der Waals surface area contributed by atoms with Gasteiger partial charge in [-0.2, -0.15) is 8.42 Å². The fraction of sp³-hybridized carbons (Fsp3) is 0.167. The fourth-order valence-electron chi connectivity index (χ4n) is 1.45. The van der Waals surface area contributed by atoms with Crippen LogP contribution < -0.4 is 0 Å². The van der Waals surface area contributed by atoms with Crippen molar-refractivity contribution in [1.29, 1.82) is 0 Å². The smallest absolute Gasteiger partial charge is 0.438 e. The zero-order valence-electron chi connectivity index (χ0n) is 10.4. The Morgan fingerprint density at radius 2 is 2.10 bits per heavy atom. The number of isocyanates is 1. The summed E-state index contributed by atoms with van der Waals surface area (Å²) in [5, 5.41) is 9.02. The average Bonchev–Trinajstić information content (AvgIpc) is 2.37. The molecule has 20 heavy (non-hydrogen) atoms. The van der Waals surface area contributed by atoms with Gasteiger partial charge in [0.15, 0.2) is 0 Å². The Bertz CT molecular complexity index is 686. The maximum atomic E-state index is 11.2. The number of allylic oxidation sites excluding steroid dienone is 2. The van der Waals surface area contributed by atoms with Crippen molar-refractivity contribution in [2.24, 2.45) is 4.40 Å². The van der Waals surface area contributed by atoms with Gasteiger partial charge in [-0.3, -0.25) is 0 Å². The number of carboxylic acids is 1. The quantitative estimate of drug-likeness (QED) is 0.483. The first-order valence-corrected chi connectivity index (χ1v) is 6.76. The van der Waals surface area contributed by atoms with E-state index >= 15 is 0 Å². The van der Waals surface area contributed by atoms with Crippen LogP contribution in [0.1, 0.15) is 22.8 Å². The SMILES string of the molecule is CC=C(Cc1ccccc1C(=O)O)OS(=O)(=O)N=C=O. The Balaban J connectivity index is 3.02. The highest BCUT2D eigenvalue weighted by molar-refractivity contribution is 7.85. The molecule has 106 valence electrons. The molecule has 0 aliphatic carbocycles. The lowest BCUT2D eigenvalue weighted by atomic mass is 10.0. The third-order valence-electron chi connectivity index (χ3n) is 2.30. The molecular formula is C12H11NO6S. The molecule has 0 aliphatic rings. The third kappa shape index (κ3) is 4.34. The summed E-state index contributed by atoms with van der Waals surface area (Å²) in [6, 6.07) is 6.10. The summed E-state index contributed by atoms with van der Waals surface area (Å²) in [4.78, 5) is 21.0. The molecule has 1 N–H and O–H groups in total. The maximum absolute atomic E-state index is 11.2. The molecule has 0 amide bonds. The van der Waals surface area contributed by atoms with Crippen LogP contribution in [-0.2, 0) is 25.7 Å². The minimum atomic E-state index is -4.41. The summed E-state index contributed by atoms with van der Waals surface area (Å²) in [5.41, 5.74) is 0.408. The van der Waals surface area contributed by atoms with Gasteiger partial charge in [-0.1, -0.05) is 18.2 Å². The van der Waals surface area contributed by atoms with Gasteiger partial charge in [0, 0.05) is 6.42 Å². The first-order valence-electron chi connectivity index (χ1n) is 5.39. The molecule has 7 nitrogen and oxygen atoms in total. The third-order valence-corrected chi connectivity index (χ3v) is 3.02. The minimum absolute atomic E-state index is 0.0340.